The van der Waals surface area contributed by atoms with Crippen LogP contribution in [0.25, 0.3) is 0 Å². The van der Waals surface area contributed by atoms with E-state index in [0.29, 0.717) is 18.6 Å². The Hall–Kier alpha value is -1.64. The molecule has 0 atom stereocenters. The Morgan fingerprint density at radius 3 is 2.28 bits per heavy atom. The summed E-state index contributed by atoms with van der Waals surface area (Å²) in [5.74, 6) is -0.187. The van der Waals surface area contributed by atoms with Crippen molar-refractivity contribution < 1.29 is 14.3 Å². The molecule has 0 spiro atoms. The molecule has 1 aromatic carbocycles. The second-order valence-corrected chi connectivity index (χ2v) is 5.11. The summed E-state index contributed by atoms with van der Waals surface area (Å²) in [5, 5.41) is 0. The zero-order valence-corrected chi connectivity index (χ0v) is 11.2. The quantitative estimate of drug-likeness (QED) is 0.573. The summed E-state index contributed by atoms with van der Waals surface area (Å²) in [4.78, 5) is 23.5. The first-order valence-corrected chi connectivity index (χ1v) is 6.18. The highest BCUT2D eigenvalue weighted by atomic mass is 16.5. The number of carbonyl (C=O) groups excluding carboxylic acids is 2. The molecule has 0 aromatic heterocycles. The van der Waals surface area contributed by atoms with E-state index in [1.807, 2.05) is 32.0 Å². The maximum absolute atomic E-state index is 12.0. The number of Topliss-reactive ketones (excluding diaryl/α,β-unsaturated/α-hetero) is 1. The molecular formula is C15H20O3. The minimum absolute atomic E-state index is 0.0601. The highest BCUT2D eigenvalue weighted by Crippen LogP contribution is 2.27. The van der Waals surface area contributed by atoms with Gasteiger partial charge in [-0.3, -0.25) is 9.59 Å². The van der Waals surface area contributed by atoms with Gasteiger partial charge in [0.15, 0.2) is 5.78 Å². The van der Waals surface area contributed by atoms with Crippen molar-refractivity contribution in [1.29, 1.82) is 0 Å². The number of benzene rings is 1. The van der Waals surface area contributed by atoms with E-state index in [0.717, 1.165) is 0 Å². The number of esters is 1. The van der Waals surface area contributed by atoms with E-state index in [2.05, 4.69) is 0 Å². The third kappa shape index (κ3) is 4.70. The maximum atomic E-state index is 12.0. The lowest BCUT2D eigenvalue weighted by atomic mass is 9.82. The van der Waals surface area contributed by atoms with Crippen LogP contribution in [0.4, 0.5) is 0 Å². The summed E-state index contributed by atoms with van der Waals surface area (Å²) in [5.41, 5.74) is 0.313. The van der Waals surface area contributed by atoms with Crippen LogP contribution in [-0.4, -0.2) is 18.4 Å². The fourth-order valence-electron chi connectivity index (χ4n) is 1.83. The van der Waals surface area contributed by atoms with Crippen LogP contribution in [0.3, 0.4) is 0 Å². The van der Waals surface area contributed by atoms with E-state index in [9.17, 15) is 9.59 Å². The molecule has 0 fully saturated rings. The summed E-state index contributed by atoms with van der Waals surface area (Å²) < 4.78 is 4.91. The molecule has 1 aromatic rings. The highest BCUT2D eigenvalue weighted by molar-refractivity contribution is 5.96. The molecule has 0 unspecified atom stereocenters. The Labute approximate surface area is 108 Å². The van der Waals surface area contributed by atoms with Crippen molar-refractivity contribution in [3.8, 4) is 0 Å². The minimum atomic E-state index is -0.376. The van der Waals surface area contributed by atoms with Crippen LogP contribution in [0.15, 0.2) is 30.3 Å². The van der Waals surface area contributed by atoms with Gasteiger partial charge in [0.05, 0.1) is 13.0 Å². The van der Waals surface area contributed by atoms with E-state index in [1.165, 1.54) is 0 Å². The first kappa shape index (κ1) is 14.4. The number of ketones is 1. The number of ether oxygens (including phenoxy) is 1. The Balaban J connectivity index is 2.60. The van der Waals surface area contributed by atoms with Gasteiger partial charge in [-0.05, 0) is 12.3 Å². The van der Waals surface area contributed by atoms with Crippen LogP contribution in [-0.2, 0) is 9.53 Å². The molecule has 0 radical (unpaired) electrons. The molecule has 1 rings (SSSR count). The second-order valence-electron chi connectivity index (χ2n) is 5.11. The van der Waals surface area contributed by atoms with Crippen LogP contribution in [0.5, 0.6) is 0 Å². The van der Waals surface area contributed by atoms with E-state index in [1.54, 1.807) is 19.1 Å². The first-order chi connectivity index (χ1) is 8.44. The minimum Gasteiger partial charge on any atom is -0.466 e. The summed E-state index contributed by atoms with van der Waals surface area (Å²) in [7, 11) is 0. The third-order valence-corrected chi connectivity index (χ3v) is 2.66. The number of hydrogen-bond acceptors (Lipinski definition) is 3. The fourth-order valence-corrected chi connectivity index (χ4v) is 1.83. The van der Waals surface area contributed by atoms with Gasteiger partial charge in [0.2, 0.25) is 0 Å². The molecule has 0 amide bonds. The largest absolute Gasteiger partial charge is 0.466 e. The molecule has 0 aliphatic rings. The lowest BCUT2D eigenvalue weighted by Crippen LogP contribution is -2.22. The lowest BCUT2D eigenvalue weighted by Gasteiger charge is -2.22. The summed E-state index contributed by atoms with van der Waals surface area (Å²) in [6.45, 7) is 5.97. The van der Waals surface area contributed by atoms with E-state index in [-0.39, 0.29) is 23.6 Å². The van der Waals surface area contributed by atoms with Crippen molar-refractivity contribution in [3.05, 3.63) is 35.9 Å². The zero-order chi connectivity index (χ0) is 13.6. The molecule has 3 heteroatoms. The molecule has 0 N–H and O–H groups in total. The van der Waals surface area contributed by atoms with Gasteiger partial charge in [-0.25, -0.2) is 0 Å². The van der Waals surface area contributed by atoms with E-state index in [4.69, 9.17) is 4.74 Å². The number of carbonyl (C=O) groups is 2. The van der Waals surface area contributed by atoms with Crippen molar-refractivity contribution in [3.63, 3.8) is 0 Å². The van der Waals surface area contributed by atoms with Gasteiger partial charge in [-0.1, -0.05) is 44.2 Å². The smallest absolute Gasteiger partial charge is 0.306 e. The molecule has 0 heterocycles. The molecule has 0 aliphatic carbocycles. The van der Waals surface area contributed by atoms with Crippen LogP contribution >= 0.6 is 0 Å². The van der Waals surface area contributed by atoms with Crippen LogP contribution in [0.1, 0.15) is 44.0 Å². The normalized spacial score (nSPS) is 11.1. The summed E-state index contributed by atoms with van der Waals surface area (Å²) in [6.07, 6.45) is 0.606. The van der Waals surface area contributed by atoms with Gasteiger partial charge in [0.25, 0.3) is 0 Å². The van der Waals surface area contributed by atoms with Crippen molar-refractivity contribution in [1.82, 2.24) is 0 Å². The van der Waals surface area contributed by atoms with Gasteiger partial charge in [-0.2, -0.15) is 0 Å². The first-order valence-electron chi connectivity index (χ1n) is 6.18. The Morgan fingerprint density at radius 2 is 1.72 bits per heavy atom. The molecule has 3 nitrogen and oxygen atoms in total. The Kier molecular flexibility index (Phi) is 5.08. The van der Waals surface area contributed by atoms with Gasteiger partial charge in [0.1, 0.15) is 0 Å². The van der Waals surface area contributed by atoms with Crippen LogP contribution in [0, 0.1) is 5.41 Å². The zero-order valence-electron chi connectivity index (χ0n) is 11.2. The molecular weight excluding hydrogens is 228 g/mol. The van der Waals surface area contributed by atoms with Crippen molar-refractivity contribution in [2.24, 2.45) is 5.41 Å². The van der Waals surface area contributed by atoms with Gasteiger partial charge in [-0.15, -0.1) is 0 Å². The van der Waals surface area contributed by atoms with Crippen molar-refractivity contribution in [2.45, 2.75) is 33.6 Å². The molecule has 0 aliphatic heterocycles. The average Bonchev–Trinajstić information content (AvgIpc) is 2.29. The molecule has 0 bridgehead atoms. The fraction of sp³-hybridized carbons (Fsp3) is 0.467. The topological polar surface area (TPSA) is 43.4 Å². The Bertz CT molecular complexity index is 407. The maximum Gasteiger partial charge on any atom is 0.306 e. The number of rotatable bonds is 6. The highest BCUT2D eigenvalue weighted by Gasteiger charge is 2.26. The molecule has 98 valence electrons. The Morgan fingerprint density at radius 1 is 1.11 bits per heavy atom. The third-order valence-electron chi connectivity index (χ3n) is 2.66. The standard InChI is InChI=1S/C15H20O3/c1-4-18-14(17)11-15(2,3)10-13(16)12-8-6-5-7-9-12/h5-9H,4,10-11H2,1-3H3. The number of hydrogen-bond donors (Lipinski definition) is 0. The van der Waals surface area contributed by atoms with Gasteiger partial charge in [0, 0.05) is 12.0 Å². The molecule has 0 saturated heterocycles. The summed E-state index contributed by atoms with van der Waals surface area (Å²) >= 11 is 0. The molecule has 0 saturated carbocycles. The molecule has 18 heavy (non-hydrogen) atoms. The van der Waals surface area contributed by atoms with Gasteiger partial charge >= 0.3 is 5.97 Å². The van der Waals surface area contributed by atoms with Crippen molar-refractivity contribution in [2.75, 3.05) is 6.61 Å². The predicted molar refractivity (Wildman–Crippen MR) is 70.4 cm³/mol. The SMILES string of the molecule is CCOC(=O)CC(C)(C)CC(=O)c1ccccc1. The van der Waals surface area contributed by atoms with Gasteiger partial charge < -0.3 is 4.74 Å². The lowest BCUT2D eigenvalue weighted by molar-refractivity contribution is -0.145. The second kappa shape index (κ2) is 6.34. The average molecular weight is 248 g/mol. The van der Waals surface area contributed by atoms with Crippen LogP contribution in [0.2, 0.25) is 0 Å². The summed E-state index contributed by atoms with van der Waals surface area (Å²) in [6, 6.07) is 9.14. The monoisotopic (exact) mass is 248 g/mol. The van der Waals surface area contributed by atoms with Crippen LogP contribution < -0.4 is 0 Å². The van der Waals surface area contributed by atoms with E-state index < -0.39 is 0 Å². The van der Waals surface area contributed by atoms with E-state index >= 15 is 0 Å². The predicted octanol–water partition coefficient (Wildman–Crippen LogP) is 3.24. The van der Waals surface area contributed by atoms with Crippen molar-refractivity contribution >= 4 is 11.8 Å².